The highest BCUT2D eigenvalue weighted by molar-refractivity contribution is 4.86. The summed E-state index contributed by atoms with van der Waals surface area (Å²) >= 11 is 0. The van der Waals surface area contributed by atoms with Gasteiger partial charge in [-0.3, -0.25) is 0 Å². The zero-order chi connectivity index (χ0) is 7.40. The average molecular weight is 144 g/mol. The van der Waals surface area contributed by atoms with Crippen LogP contribution in [0.1, 0.15) is 6.92 Å². The average Bonchev–Trinajstić information content (AvgIpc) is 2.36. The SMILES string of the molecule is CCNC1CNCC1OC. The van der Waals surface area contributed by atoms with Gasteiger partial charge in [-0.05, 0) is 6.54 Å². The zero-order valence-electron chi connectivity index (χ0n) is 6.68. The van der Waals surface area contributed by atoms with E-state index < -0.39 is 0 Å². The summed E-state index contributed by atoms with van der Waals surface area (Å²) in [5.41, 5.74) is 0. The molecule has 2 atom stereocenters. The van der Waals surface area contributed by atoms with E-state index in [-0.39, 0.29) is 0 Å². The lowest BCUT2D eigenvalue weighted by Crippen LogP contribution is -2.39. The Hall–Kier alpha value is -0.120. The van der Waals surface area contributed by atoms with Gasteiger partial charge in [-0.15, -0.1) is 0 Å². The molecule has 1 aliphatic rings. The Morgan fingerprint density at radius 3 is 3.00 bits per heavy atom. The fourth-order valence-corrected chi connectivity index (χ4v) is 1.37. The van der Waals surface area contributed by atoms with E-state index in [1.165, 1.54) is 0 Å². The van der Waals surface area contributed by atoms with Gasteiger partial charge in [0.25, 0.3) is 0 Å². The Labute approximate surface area is 62.1 Å². The second-order valence-electron chi connectivity index (χ2n) is 2.60. The molecular formula is C7H16N2O. The van der Waals surface area contributed by atoms with Crippen LogP contribution in [0.2, 0.25) is 0 Å². The zero-order valence-corrected chi connectivity index (χ0v) is 6.68. The Morgan fingerprint density at radius 1 is 1.60 bits per heavy atom. The molecule has 0 aromatic rings. The van der Waals surface area contributed by atoms with Gasteiger partial charge in [0.2, 0.25) is 0 Å². The molecule has 1 aliphatic heterocycles. The minimum atomic E-state index is 0.361. The van der Waals surface area contributed by atoms with Crippen LogP contribution in [0.15, 0.2) is 0 Å². The minimum Gasteiger partial charge on any atom is -0.378 e. The molecule has 3 heteroatoms. The molecule has 2 N–H and O–H groups in total. The highest BCUT2D eigenvalue weighted by Crippen LogP contribution is 2.02. The maximum atomic E-state index is 5.25. The van der Waals surface area contributed by atoms with Gasteiger partial charge in [-0.2, -0.15) is 0 Å². The van der Waals surface area contributed by atoms with Crippen LogP contribution in [0.4, 0.5) is 0 Å². The largest absolute Gasteiger partial charge is 0.378 e. The number of methoxy groups -OCH3 is 1. The topological polar surface area (TPSA) is 33.3 Å². The molecule has 1 fully saturated rings. The van der Waals surface area contributed by atoms with Crippen LogP contribution in [-0.4, -0.2) is 38.9 Å². The third kappa shape index (κ3) is 1.68. The summed E-state index contributed by atoms with van der Waals surface area (Å²) in [6.45, 7) is 5.15. The summed E-state index contributed by atoms with van der Waals surface area (Å²) < 4.78 is 5.25. The molecule has 0 aromatic carbocycles. The minimum absolute atomic E-state index is 0.361. The molecule has 1 heterocycles. The Kier molecular flexibility index (Phi) is 3.12. The smallest absolute Gasteiger partial charge is 0.0860 e. The fraction of sp³-hybridized carbons (Fsp3) is 1.00. The van der Waals surface area contributed by atoms with Crippen LogP contribution in [-0.2, 0) is 4.74 Å². The van der Waals surface area contributed by atoms with Crippen molar-refractivity contribution in [1.29, 1.82) is 0 Å². The van der Waals surface area contributed by atoms with E-state index in [1.54, 1.807) is 7.11 Å². The molecule has 2 unspecified atom stereocenters. The summed E-state index contributed by atoms with van der Waals surface area (Å²) in [5, 5.41) is 6.63. The monoisotopic (exact) mass is 144 g/mol. The summed E-state index contributed by atoms with van der Waals surface area (Å²) in [6.07, 6.45) is 0.361. The van der Waals surface area contributed by atoms with Crippen molar-refractivity contribution in [3.05, 3.63) is 0 Å². The van der Waals surface area contributed by atoms with E-state index in [0.29, 0.717) is 12.1 Å². The standard InChI is InChI=1S/C7H16N2O/c1-3-9-6-4-8-5-7(6)10-2/h6-9H,3-5H2,1-2H3. The first-order valence-electron chi connectivity index (χ1n) is 3.85. The van der Waals surface area contributed by atoms with Crippen molar-refractivity contribution in [2.24, 2.45) is 0 Å². The third-order valence-electron chi connectivity index (χ3n) is 1.93. The molecule has 1 saturated heterocycles. The molecule has 1 rings (SSSR count). The van der Waals surface area contributed by atoms with E-state index in [1.807, 2.05) is 0 Å². The lowest BCUT2D eigenvalue weighted by Gasteiger charge is -2.16. The first-order valence-corrected chi connectivity index (χ1v) is 3.85. The third-order valence-corrected chi connectivity index (χ3v) is 1.93. The van der Waals surface area contributed by atoms with E-state index in [2.05, 4.69) is 17.6 Å². The summed E-state index contributed by atoms with van der Waals surface area (Å²) in [5.74, 6) is 0. The second kappa shape index (κ2) is 3.91. The van der Waals surface area contributed by atoms with Gasteiger partial charge in [0.1, 0.15) is 0 Å². The predicted molar refractivity (Wildman–Crippen MR) is 41.1 cm³/mol. The molecule has 0 spiro atoms. The van der Waals surface area contributed by atoms with Gasteiger partial charge in [0.15, 0.2) is 0 Å². The van der Waals surface area contributed by atoms with Gasteiger partial charge in [-0.25, -0.2) is 0 Å². The Morgan fingerprint density at radius 2 is 2.40 bits per heavy atom. The molecular weight excluding hydrogens is 128 g/mol. The highest BCUT2D eigenvalue weighted by atomic mass is 16.5. The second-order valence-corrected chi connectivity index (χ2v) is 2.60. The van der Waals surface area contributed by atoms with Gasteiger partial charge in [0, 0.05) is 26.2 Å². The predicted octanol–water partition coefficient (Wildman–Crippen LogP) is -0.417. The van der Waals surface area contributed by atoms with Crippen LogP contribution < -0.4 is 10.6 Å². The molecule has 3 nitrogen and oxygen atoms in total. The molecule has 0 saturated carbocycles. The van der Waals surface area contributed by atoms with Crippen molar-refractivity contribution in [3.8, 4) is 0 Å². The molecule has 0 bridgehead atoms. The van der Waals surface area contributed by atoms with Gasteiger partial charge in [-0.1, -0.05) is 6.92 Å². The summed E-state index contributed by atoms with van der Waals surface area (Å²) in [7, 11) is 1.77. The molecule has 0 amide bonds. The molecule has 0 radical (unpaired) electrons. The summed E-state index contributed by atoms with van der Waals surface area (Å²) in [6, 6.07) is 0.509. The van der Waals surface area contributed by atoms with Crippen LogP contribution in [0.3, 0.4) is 0 Å². The first-order chi connectivity index (χ1) is 4.88. The molecule has 0 aromatic heterocycles. The number of hydrogen-bond acceptors (Lipinski definition) is 3. The highest BCUT2D eigenvalue weighted by Gasteiger charge is 2.25. The lowest BCUT2D eigenvalue weighted by molar-refractivity contribution is 0.0970. The number of nitrogens with one attached hydrogen (secondary N) is 2. The molecule has 0 aliphatic carbocycles. The number of ether oxygens (including phenoxy) is 1. The Bertz CT molecular complexity index is 97.6. The maximum Gasteiger partial charge on any atom is 0.0860 e. The van der Waals surface area contributed by atoms with Crippen LogP contribution in [0.5, 0.6) is 0 Å². The lowest BCUT2D eigenvalue weighted by atomic mass is 10.2. The van der Waals surface area contributed by atoms with Crippen LogP contribution >= 0.6 is 0 Å². The maximum absolute atomic E-state index is 5.25. The molecule has 10 heavy (non-hydrogen) atoms. The Balaban J connectivity index is 2.27. The van der Waals surface area contributed by atoms with Crippen LogP contribution in [0, 0.1) is 0 Å². The number of likely N-dealkylation sites (N-methyl/N-ethyl adjacent to an activating group) is 1. The first kappa shape index (κ1) is 7.98. The van der Waals surface area contributed by atoms with Gasteiger partial charge < -0.3 is 15.4 Å². The fourth-order valence-electron chi connectivity index (χ4n) is 1.37. The van der Waals surface area contributed by atoms with E-state index in [4.69, 9.17) is 4.74 Å². The van der Waals surface area contributed by atoms with Crippen molar-refractivity contribution in [1.82, 2.24) is 10.6 Å². The molecule has 60 valence electrons. The van der Waals surface area contributed by atoms with Crippen LogP contribution in [0.25, 0.3) is 0 Å². The van der Waals surface area contributed by atoms with E-state index in [9.17, 15) is 0 Å². The quantitative estimate of drug-likeness (QED) is 0.564. The van der Waals surface area contributed by atoms with Crippen molar-refractivity contribution in [2.75, 3.05) is 26.7 Å². The number of hydrogen-bond donors (Lipinski definition) is 2. The summed E-state index contributed by atoms with van der Waals surface area (Å²) in [4.78, 5) is 0. The van der Waals surface area contributed by atoms with Crippen molar-refractivity contribution in [2.45, 2.75) is 19.1 Å². The van der Waals surface area contributed by atoms with Gasteiger partial charge >= 0.3 is 0 Å². The van der Waals surface area contributed by atoms with Crippen molar-refractivity contribution < 1.29 is 4.74 Å². The van der Waals surface area contributed by atoms with Crippen molar-refractivity contribution in [3.63, 3.8) is 0 Å². The van der Waals surface area contributed by atoms with E-state index in [0.717, 1.165) is 19.6 Å². The van der Waals surface area contributed by atoms with Gasteiger partial charge in [0.05, 0.1) is 6.10 Å². The number of rotatable bonds is 3. The normalized spacial score (nSPS) is 33.0. The van der Waals surface area contributed by atoms with E-state index >= 15 is 0 Å². The van der Waals surface area contributed by atoms with Crippen molar-refractivity contribution >= 4 is 0 Å².